The van der Waals surface area contributed by atoms with E-state index in [9.17, 15) is 9.59 Å². The van der Waals surface area contributed by atoms with Crippen molar-refractivity contribution in [2.24, 2.45) is 0 Å². The lowest BCUT2D eigenvalue weighted by Gasteiger charge is -2.14. The van der Waals surface area contributed by atoms with Gasteiger partial charge in [-0.1, -0.05) is 23.2 Å². The Morgan fingerprint density at radius 1 is 1.22 bits per heavy atom. The van der Waals surface area contributed by atoms with E-state index in [-0.39, 0.29) is 29.1 Å². The molecule has 1 saturated heterocycles. The second-order valence-corrected chi connectivity index (χ2v) is 7.50. The molecule has 1 aromatic heterocycles. The van der Waals surface area contributed by atoms with Gasteiger partial charge in [-0.05, 0) is 51.0 Å². The highest BCUT2D eigenvalue weighted by molar-refractivity contribution is 6.35. The fourth-order valence-corrected chi connectivity index (χ4v) is 3.66. The van der Waals surface area contributed by atoms with Crippen molar-refractivity contribution in [3.05, 3.63) is 56.8 Å². The normalized spacial score (nSPS) is 16.5. The minimum atomic E-state index is -0.677. The van der Waals surface area contributed by atoms with Gasteiger partial charge in [0, 0.05) is 35.1 Å². The van der Waals surface area contributed by atoms with Gasteiger partial charge in [0.05, 0.1) is 16.7 Å². The first kappa shape index (κ1) is 19.9. The summed E-state index contributed by atoms with van der Waals surface area (Å²) < 4.78 is 12.9. The molecule has 1 aliphatic rings. The van der Waals surface area contributed by atoms with Crippen LogP contribution in [-0.4, -0.2) is 35.6 Å². The third-order valence-electron chi connectivity index (χ3n) is 4.77. The van der Waals surface area contributed by atoms with Gasteiger partial charge < -0.3 is 14.0 Å². The number of Topliss-reactive ketones (excluding diaryl/α,β-unsaturated/α-hetero) is 1. The molecule has 3 rings (SSSR count). The number of carbonyl (C=O) groups excluding carboxylic acids is 2. The molecule has 7 heteroatoms. The molecule has 2 heterocycles. The second kappa shape index (κ2) is 8.46. The lowest BCUT2D eigenvalue weighted by Crippen LogP contribution is -2.18. The maximum absolute atomic E-state index is 12.6. The van der Waals surface area contributed by atoms with Crippen LogP contribution in [-0.2, 0) is 16.0 Å². The molecule has 144 valence electrons. The molecule has 0 unspecified atom stereocenters. The van der Waals surface area contributed by atoms with E-state index in [1.807, 2.05) is 19.9 Å². The monoisotopic (exact) mass is 409 g/mol. The van der Waals surface area contributed by atoms with E-state index < -0.39 is 5.97 Å². The summed E-state index contributed by atoms with van der Waals surface area (Å²) in [5.41, 5.74) is 2.52. The highest BCUT2D eigenvalue weighted by Crippen LogP contribution is 2.23. The summed E-state index contributed by atoms with van der Waals surface area (Å²) in [5, 5.41) is 0.599. The molecule has 1 aliphatic heterocycles. The fraction of sp³-hybridized carbons (Fsp3) is 0.400. The van der Waals surface area contributed by atoms with Crippen LogP contribution in [0.25, 0.3) is 0 Å². The summed E-state index contributed by atoms with van der Waals surface area (Å²) in [5.74, 6) is -0.933. The van der Waals surface area contributed by atoms with Gasteiger partial charge in [0.15, 0.2) is 6.61 Å². The Morgan fingerprint density at radius 2 is 2.00 bits per heavy atom. The Balaban J connectivity index is 1.67. The molecule has 5 nitrogen and oxygen atoms in total. The highest BCUT2D eigenvalue weighted by atomic mass is 35.5. The highest BCUT2D eigenvalue weighted by Gasteiger charge is 2.22. The fourth-order valence-electron chi connectivity index (χ4n) is 3.30. The molecule has 2 aromatic rings. The van der Waals surface area contributed by atoms with Crippen LogP contribution in [0.3, 0.4) is 0 Å². The van der Waals surface area contributed by atoms with E-state index in [2.05, 4.69) is 4.57 Å². The van der Waals surface area contributed by atoms with Crippen LogP contribution in [0.5, 0.6) is 0 Å². The van der Waals surface area contributed by atoms with Crippen LogP contribution in [0.4, 0.5) is 0 Å². The molecule has 1 atom stereocenters. The second-order valence-electron chi connectivity index (χ2n) is 6.65. The van der Waals surface area contributed by atoms with Gasteiger partial charge in [-0.3, -0.25) is 4.79 Å². The maximum Gasteiger partial charge on any atom is 0.340 e. The zero-order valence-electron chi connectivity index (χ0n) is 15.3. The number of esters is 1. The number of hydrogen-bond donors (Lipinski definition) is 0. The van der Waals surface area contributed by atoms with Crippen LogP contribution in [0.15, 0.2) is 24.3 Å². The molecule has 27 heavy (non-hydrogen) atoms. The lowest BCUT2D eigenvalue weighted by atomic mass is 10.1. The van der Waals surface area contributed by atoms with Gasteiger partial charge >= 0.3 is 5.97 Å². The predicted molar refractivity (Wildman–Crippen MR) is 104 cm³/mol. The SMILES string of the molecule is Cc1cc(C(=O)COC(=O)c2cc(Cl)ccc2Cl)c(C)n1C[C@@H]1CCCO1. The quantitative estimate of drug-likeness (QED) is 0.515. The van der Waals surface area contributed by atoms with Crippen LogP contribution in [0, 0.1) is 13.8 Å². The van der Waals surface area contributed by atoms with Crippen LogP contribution in [0.1, 0.15) is 44.9 Å². The lowest BCUT2D eigenvalue weighted by molar-refractivity contribution is 0.0474. The third-order valence-corrected chi connectivity index (χ3v) is 5.33. The summed E-state index contributed by atoms with van der Waals surface area (Å²) in [6, 6.07) is 6.34. The van der Waals surface area contributed by atoms with Crippen molar-refractivity contribution in [1.29, 1.82) is 0 Å². The van der Waals surface area contributed by atoms with Crippen molar-refractivity contribution < 1.29 is 19.1 Å². The Hall–Kier alpha value is -1.82. The summed E-state index contributed by atoms with van der Waals surface area (Å²) in [6.07, 6.45) is 2.27. The third kappa shape index (κ3) is 4.54. The van der Waals surface area contributed by atoms with E-state index in [4.69, 9.17) is 32.7 Å². The van der Waals surface area contributed by atoms with Gasteiger partial charge in [0.2, 0.25) is 5.78 Å². The Morgan fingerprint density at radius 3 is 2.70 bits per heavy atom. The van der Waals surface area contributed by atoms with Gasteiger partial charge in [-0.25, -0.2) is 4.79 Å². The average Bonchev–Trinajstić information content (AvgIpc) is 3.25. The molecule has 0 saturated carbocycles. The number of ether oxygens (including phenoxy) is 2. The van der Waals surface area contributed by atoms with Gasteiger partial charge in [0.25, 0.3) is 0 Å². The molecular weight excluding hydrogens is 389 g/mol. The smallest absolute Gasteiger partial charge is 0.340 e. The molecule has 0 bridgehead atoms. The number of nitrogens with zero attached hydrogens (tertiary/aromatic N) is 1. The first-order valence-electron chi connectivity index (χ1n) is 8.80. The van der Waals surface area contributed by atoms with Crippen molar-refractivity contribution >= 4 is 35.0 Å². The molecule has 0 amide bonds. The van der Waals surface area contributed by atoms with Crippen LogP contribution < -0.4 is 0 Å². The predicted octanol–water partition coefficient (Wildman–Crippen LogP) is 4.63. The summed E-state index contributed by atoms with van der Waals surface area (Å²) >= 11 is 11.9. The largest absolute Gasteiger partial charge is 0.454 e. The molecule has 0 spiro atoms. The summed E-state index contributed by atoms with van der Waals surface area (Å²) in [6.45, 7) is 5.01. The van der Waals surface area contributed by atoms with Crippen molar-refractivity contribution in [3.63, 3.8) is 0 Å². The van der Waals surface area contributed by atoms with Crippen molar-refractivity contribution in [2.75, 3.05) is 13.2 Å². The Bertz CT molecular complexity index is 869. The topological polar surface area (TPSA) is 57.5 Å². The molecule has 0 aliphatic carbocycles. The Labute approximate surface area is 168 Å². The number of carbonyl (C=O) groups is 2. The average molecular weight is 410 g/mol. The number of aromatic nitrogens is 1. The Kier molecular flexibility index (Phi) is 6.25. The summed E-state index contributed by atoms with van der Waals surface area (Å²) in [4.78, 5) is 24.8. The van der Waals surface area contributed by atoms with Crippen molar-refractivity contribution in [3.8, 4) is 0 Å². The van der Waals surface area contributed by atoms with Crippen molar-refractivity contribution in [1.82, 2.24) is 4.57 Å². The van der Waals surface area contributed by atoms with E-state index in [1.165, 1.54) is 12.1 Å². The molecule has 0 radical (unpaired) electrons. The van der Waals surface area contributed by atoms with Crippen LogP contribution >= 0.6 is 23.2 Å². The van der Waals surface area contributed by atoms with E-state index in [0.29, 0.717) is 10.6 Å². The van der Waals surface area contributed by atoms with Gasteiger partial charge in [-0.2, -0.15) is 0 Å². The number of benzene rings is 1. The summed E-state index contributed by atoms with van der Waals surface area (Å²) in [7, 11) is 0. The number of aryl methyl sites for hydroxylation is 1. The number of halogens is 2. The first-order chi connectivity index (χ1) is 12.9. The molecule has 0 N–H and O–H groups in total. The number of rotatable bonds is 6. The van der Waals surface area contributed by atoms with E-state index >= 15 is 0 Å². The minimum Gasteiger partial charge on any atom is -0.454 e. The number of ketones is 1. The minimum absolute atomic E-state index is 0.140. The van der Waals surface area contributed by atoms with Crippen molar-refractivity contribution in [2.45, 2.75) is 39.3 Å². The zero-order chi connectivity index (χ0) is 19.6. The standard InChI is InChI=1S/C20H21Cl2NO4/c1-12-8-16(13(2)23(12)10-15-4-3-7-26-15)19(24)11-27-20(25)17-9-14(21)5-6-18(17)22/h5-6,8-9,15H,3-4,7,10-11H2,1-2H3/t15-/m0/s1. The van der Waals surface area contributed by atoms with Gasteiger partial charge in [0.1, 0.15) is 0 Å². The van der Waals surface area contributed by atoms with Crippen LogP contribution in [0.2, 0.25) is 10.0 Å². The van der Waals surface area contributed by atoms with E-state index in [1.54, 1.807) is 6.07 Å². The van der Waals surface area contributed by atoms with Gasteiger partial charge in [-0.15, -0.1) is 0 Å². The molecule has 1 fully saturated rings. The number of hydrogen-bond acceptors (Lipinski definition) is 4. The van der Waals surface area contributed by atoms with E-state index in [0.717, 1.165) is 37.4 Å². The zero-order valence-corrected chi connectivity index (χ0v) is 16.8. The maximum atomic E-state index is 12.6. The first-order valence-corrected chi connectivity index (χ1v) is 9.56. The molecule has 1 aromatic carbocycles. The molecular formula is C20H21Cl2NO4.